The number of hydrogen-bond acceptors (Lipinski definition) is 11. The van der Waals surface area contributed by atoms with Gasteiger partial charge in [-0.25, -0.2) is 4.79 Å². The minimum atomic E-state index is -0.842. The maximum absolute atomic E-state index is 13.0. The molecule has 0 aliphatic carbocycles. The highest BCUT2D eigenvalue weighted by atomic mass is 16.6. The van der Waals surface area contributed by atoms with E-state index in [0.717, 1.165) is 11.1 Å². The van der Waals surface area contributed by atoms with Gasteiger partial charge in [0.25, 0.3) is 0 Å². The van der Waals surface area contributed by atoms with Crippen molar-refractivity contribution in [2.24, 2.45) is 11.8 Å². The summed E-state index contributed by atoms with van der Waals surface area (Å²) >= 11 is 0. The molecule has 2 aromatic rings. The zero-order chi connectivity index (χ0) is 33.9. The van der Waals surface area contributed by atoms with E-state index >= 15 is 0 Å². The van der Waals surface area contributed by atoms with Crippen LogP contribution in [0.25, 0.3) is 0 Å². The summed E-state index contributed by atoms with van der Waals surface area (Å²) in [6.07, 6.45) is 0.352. The van der Waals surface area contributed by atoms with Crippen molar-refractivity contribution >= 4 is 35.6 Å². The second-order valence-electron chi connectivity index (χ2n) is 10.9. The van der Waals surface area contributed by atoms with Crippen LogP contribution in [-0.4, -0.2) is 81.1 Å². The third-order valence-corrected chi connectivity index (χ3v) is 6.90. The summed E-state index contributed by atoms with van der Waals surface area (Å²) in [5.74, 6) is -4.75. The molecule has 2 N–H and O–H groups in total. The van der Waals surface area contributed by atoms with Gasteiger partial charge in [-0.05, 0) is 37.9 Å². The average Bonchev–Trinajstić information content (AvgIpc) is 3.03. The fourth-order valence-corrected chi connectivity index (χ4v) is 4.49. The smallest absolute Gasteiger partial charge is 0.328 e. The van der Waals surface area contributed by atoms with Gasteiger partial charge in [-0.1, -0.05) is 67.6 Å². The van der Waals surface area contributed by atoms with Crippen LogP contribution in [0, 0.1) is 11.8 Å². The predicted octanol–water partition coefficient (Wildman–Crippen LogP) is 2.36. The highest BCUT2D eigenvalue weighted by Crippen LogP contribution is 2.18. The van der Waals surface area contributed by atoms with Crippen molar-refractivity contribution in [3.8, 4) is 0 Å². The number of esters is 4. The van der Waals surface area contributed by atoms with E-state index in [1.165, 1.54) is 20.8 Å². The average molecular weight is 641 g/mol. The summed E-state index contributed by atoms with van der Waals surface area (Å²) < 4.78 is 20.8. The number of hydrogen-bond donors (Lipinski definition) is 2. The molecule has 250 valence electrons. The number of nitrogens with one attached hydrogen (secondary N) is 2. The van der Waals surface area contributed by atoms with Crippen LogP contribution in [-0.2, 0) is 60.6 Å². The molecule has 2 rings (SSSR count). The van der Waals surface area contributed by atoms with Crippen LogP contribution in [0.4, 0.5) is 0 Å². The Morgan fingerprint density at radius 3 is 1.63 bits per heavy atom. The van der Waals surface area contributed by atoms with Crippen molar-refractivity contribution in [3.63, 3.8) is 0 Å². The molecule has 0 radical (unpaired) electrons. The lowest BCUT2D eigenvalue weighted by Crippen LogP contribution is -2.38. The van der Waals surface area contributed by atoms with Crippen molar-refractivity contribution in [2.45, 2.75) is 58.5 Å². The Kier molecular flexibility index (Phi) is 16.7. The van der Waals surface area contributed by atoms with Crippen LogP contribution >= 0.6 is 0 Å². The molecule has 2 aromatic carbocycles. The second-order valence-corrected chi connectivity index (χ2v) is 10.9. The quantitative estimate of drug-likeness (QED) is 0.124. The molecular formula is C34H44N2O10. The maximum Gasteiger partial charge on any atom is 0.328 e. The normalized spacial score (nSPS) is 13.3. The van der Waals surface area contributed by atoms with E-state index in [2.05, 4.69) is 10.6 Å². The number of carbonyl (C=O) groups is 6. The van der Waals surface area contributed by atoms with E-state index in [4.69, 9.17) is 18.9 Å². The molecule has 1 amide bonds. The Hall–Kier alpha value is -4.58. The largest absolute Gasteiger partial charge is 0.462 e. The third kappa shape index (κ3) is 14.5. The molecule has 12 heteroatoms. The Balaban J connectivity index is 1.83. The van der Waals surface area contributed by atoms with Gasteiger partial charge in [-0.15, -0.1) is 0 Å². The van der Waals surface area contributed by atoms with Crippen molar-refractivity contribution in [1.29, 1.82) is 0 Å². The van der Waals surface area contributed by atoms with Gasteiger partial charge in [0.1, 0.15) is 44.3 Å². The van der Waals surface area contributed by atoms with Crippen LogP contribution < -0.4 is 10.6 Å². The van der Waals surface area contributed by atoms with Gasteiger partial charge in [0.2, 0.25) is 5.91 Å². The van der Waals surface area contributed by atoms with Gasteiger partial charge in [0.15, 0.2) is 0 Å². The number of benzene rings is 2. The van der Waals surface area contributed by atoms with Crippen molar-refractivity contribution in [3.05, 3.63) is 71.8 Å². The summed E-state index contributed by atoms with van der Waals surface area (Å²) in [7, 11) is 1.66. The number of ketones is 1. The monoisotopic (exact) mass is 640 g/mol. The zero-order valence-electron chi connectivity index (χ0n) is 26.8. The molecular weight excluding hydrogens is 596 g/mol. The van der Waals surface area contributed by atoms with E-state index in [1.807, 2.05) is 60.7 Å². The lowest BCUT2D eigenvalue weighted by Gasteiger charge is -2.18. The van der Waals surface area contributed by atoms with Gasteiger partial charge in [0, 0.05) is 19.8 Å². The first kappa shape index (κ1) is 37.6. The molecule has 0 bridgehead atoms. The fourth-order valence-electron chi connectivity index (χ4n) is 4.49. The van der Waals surface area contributed by atoms with Gasteiger partial charge >= 0.3 is 23.9 Å². The summed E-state index contributed by atoms with van der Waals surface area (Å²) in [6.45, 7) is 3.51. The molecule has 0 fully saturated rings. The number of Topliss-reactive ketones (excluding diaryl/α,β-unsaturated/α-hetero) is 1. The number of likely N-dealkylation sites (N-methyl/N-ethyl adjacent to an activating group) is 1. The molecule has 0 aromatic heterocycles. The first-order valence-corrected chi connectivity index (χ1v) is 15.2. The maximum atomic E-state index is 13.0. The lowest BCUT2D eigenvalue weighted by molar-refractivity contribution is -0.157. The molecule has 0 aliphatic rings. The SMILES string of the molecule is CNC(Cc1ccccc1)C(=O)OCCOC(=O)C(CC(=O)CC(C)C(=O)OCCOC(=O)C(C)NC(C)=O)Cc1ccccc1. The number of amides is 1. The Labute approximate surface area is 269 Å². The second kappa shape index (κ2) is 20.5. The van der Waals surface area contributed by atoms with E-state index in [9.17, 15) is 28.8 Å². The van der Waals surface area contributed by atoms with E-state index in [0.29, 0.717) is 6.42 Å². The molecule has 0 saturated heterocycles. The number of rotatable bonds is 20. The summed E-state index contributed by atoms with van der Waals surface area (Å²) in [5.41, 5.74) is 1.80. The van der Waals surface area contributed by atoms with Crippen LogP contribution in [0.1, 0.15) is 44.7 Å². The van der Waals surface area contributed by atoms with Crippen LogP contribution in [0.15, 0.2) is 60.7 Å². The number of ether oxygens (including phenoxy) is 4. The predicted molar refractivity (Wildman–Crippen MR) is 167 cm³/mol. The van der Waals surface area contributed by atoms with E-state index in [-0.39, 0.29) is 57.4 Å². The van der Waals surface area contributed by atoms with Crippen molar-refractivity contribution in [1.82, 2.24) is 10.6 Å². The highest BCUT2D eigenvalue weighted by Gasteiger charge is 2.27. The summed E-state index contributed by atoms with van der Waals surface area (Å²) in [4.78, 5) is 73.8. The third-order valence-electron chi connectivity index (χ3n) is 6.90. The summed E-state index contributed by atoms with van der Waals surface area (Å²) in [6, 6.07) is 17.2. The van der Waals surface area contributed by atoms with E-state index < -0.39 is 47.8 Å². The van der Waals surface area contributed by atoms with E-state index in [1.54, 1.807) is 7.05 Å². The minimum absolute atomic E-state index is 0.145. The molecule has 0 aliphatic heterocycles. The number of carbonyl (C=O) groups excluding carboxylic acids is 6. The van der Waals surface area contributed by atoms with Gasteiger partial charge < -0.3 is 29.6 Å². The topological polar surface area (TPSA) is 163 Å². The van der Waals surface area contributed by atoms with Gasteiger partial charge in [0.05, 0.1) is 11.8 Å². The molecule has 0 heterocycles. The Morgan fingerprint density at radius 1 is 0.630 bits per heavy atom. The lowest BCUT2D eigenvalue weighted by atomic mass is 9.91. The zero-order valence-corrected chi connectivity index (χ0v) is 26.8. The van der Waals surface area contributed by atoms with Crippen molar-refractivity contribution < 1.29 is 47.7 Å². The standard InChI is InChI=1S/C34H44N2O10/c1-23(31(39)43-15-16-44-32(40)24(2)36-25(3)37)19-29(38)22-28(20-26-11-7-5-8-12-26)33(41)45-17-18-46-34(42)30(35-4)21-27-13-9-6-10-14-27/h5-14,23-24,28,30,35H,15-22H2,1-4H3,(H,36,37). The highest BCUT2D eigenvalue weighted by molar-refractivity contribution is 5.88. The molecule has 0 spiro atoms. The van der Waals surface area contributed by atoms with Crippen LogP contribution in [0.3, 0.4) is 0 Å². The molecule has 4 unspecified atom stereocenters. The minimum Gasteiger partial charge on any atom is -0.462 e. The first-order valence-electron chi connectivity index (χ1n) is 15.2. The van der Waals surface area contributed by atoms with Crippen LogP contribution in [0.5, 0.6) is 0 Å². The summed E-state index contributed by atoms with van der Waals surface area (Å²) in [5, 5.41) is 5.32. The molecule has 0 saturated carbocycles. The first-order chi connectivity index (χ1) is 22.0. The Morgan fingerprint density at radius 2 is 1.11 bits per heavy atom. The van der Waals surface area contributed by atoms with Gasteiger partial charge in [-0.2, -0.15) is 0 Å². The fraction of sp³-hybridized carbons (Fsp3) is 0.471. The molecule has 12 nitrogen and oxygen atoms in total. The van der Waals surface area contributed by atoms with Gasteiger partial charge in [-0.3, -0.25) is 24.0 Å². The van der Waals surface area contributed by atoms with Crippen LogP contribution in [0.2, 0.25) is 0 Å². The molecule has 46 heavy (non-hydrogen) atoms. The Bertz CT molecular complexity index is 1290. The van der Waals surface area contributed by atoms with Crippen molar-refractivity contribution in [2.75, 3.05) is 33.5 Å². The molecule has 4 atom stereocenters.